The highest BCUT2D eigenvalue weighted by Crippen LogP contribution is 2.23. The molecule has 5 nitrogen and oxygen atoms in total. The molecular weight excluding hydrogens is 451 g/mol. The molecule has 0 fully saturated rings. The number of hydrogen-bond acceptors (Lipinski definition) is 3. The fourth-order valence-electron chi connectivity index (χ4n) is 2.64. The zero-order valence-corrected chi connectivity index (χ0v) is 18.6. The van der Waals surface area contributed by atoms with Crippen molar-refractivity contribution in [3.63, 3.8) is 0 Å². The lowest BCUT2D eigenvalue weighted by Gasteiger charge is -2.17. The molecule has 0 aliphatic rings. The highest BCUT2D eigenvalue weighted by Gasteiger charge is 2.01. The third-order valence-electron chi connectivity index (χ3n) is 4.14. The third kappa shape index (κ3) is 9.10. The molecule has 148 valence electrons. The molecule has 0 radical (unpaired) electrons. The summed E-state index contributed by atoms with van der Waals surface area (Å²) in [6, 6.07) is 17.4. The topological polar surface area (TPSA) is 62.9 Å². The van der Waals surface area contributed by atoms with Gasteiger partial charge in [0, 0.05) is 18.3 Å². The smallest absolute Gasteiger partial charge is 0.193 e. The average molecular weight is 482 g/mol. The summed E-state index contributed by atoms with van der Waals surface area (Å²) in [7, 11) is 0. The summed E-state index contributed by atoms with van der Waals surface area (Å²) in [5.41, 5.74) is 6.85. The van der Waals surface area contributed by atoms with E-state index >= 15 is 0 Å². The van der Waals surface area contributed by atoms with Crippen molar-refractivity contribution < 1.29 is 4.74 Å². The number of unbranched alkanes of at least 4 members (excludes halogenated alkanes) is 1. The molecule has 3 N–H and O–H groups in total. The highest BCUT2D eigenvalue weighted by molar-refractivity contribution is 14.0. The van der Waals surface area contributed by atoms with Crippen LogP contribution >= 0.6 is 24.0 Å². The normalized spacial score (nSPS) is 11.1. The van der Waals surface area contributed by atoms with Gasteiger partial charge in [0.2, 0.25) is 0 Å². The second-order valence-corrected chi connectivity index (χ2v) is 6.07. The van der Waals surface area contributed by atoms with E-state index < -0.39 is 0 Å². The van der Waals surface area contributed by atoms with Gasteiger partial charge in [0.25, 0.3) is 0 Å². The molecule has 0 heterocycles. The number of para-hydroxylation sites is 1. The van der Waals surface area contributed by atoms with Gasteiger partial charge in [-0.05, 0) is 56.7 Å². The van der Waals surface area contributed by atoms with Gasteiger partial charge in [-0.3, -0.25) is 4.99 Å². The summed E-state index contributed by atoms with van der Waals surface area (Å²) < 4.78 is 5.83. The van der Waals surface area contributed by atoms with E-state index in [9.17, 15) is 0 Å². The maximum absolute atomic E-state index is 5.99. The number of benzene rings is 2. The van der Waals surface area contributed by atoms with Crippen molar-refractivity contribution >= 4 is 35.6 Å². The molecule has 0 aliphatic heterocycles. The zero-order valence-electron chi connectivity index (χ0n) is 16.2. The first-order valence-electron chi connectivity index (χ1n) is 9.33. The monoisotopic (exact) mass is 482 g/mol. The van der Waals surface area contributed by atoms with Gasteiger partial charge in [-0.2, -0.15) is 0 Å². The molecule has 2 aromatic rings. The number of guanidine groups is 1. The maximum atomic E-state index is 5.99. The second-order valence-electron chi connectivity index (χ2n) is 6.07. The molecule has 0 atom stereocenters. The van der Waals surface area contributed by atoms with Gasteiger partial charge in [0.1, 0.15) is 11.5 Å². The van der Waals surface area contributed by atoms with E-state index in [1.165, 1.54) is 0 Å². The highest BCUT2D eigenvalue weighted by atomic mass is 127. The molecular formula is C21H31IN4O. The van der Waals surface area contributed by atoms with Crippen molar-refractivity contribution in [2.75, 3.05) is 31.5 Å². The lowest BCUT2D eigenvalue weighted by Crippen LogP contribution is -2.24. The SMILES string of the molecule is CCN(CC)CCCCN=C(N)Nc1cccc(Oc2ccccc2)c1.I. The predicted octanol–water partition coefficient (Wildman–Crippen LogP) is 4.95. The number of rotatable bonds is 10. The summed E-state index contributed by atoms with van der Waals surface area (Å²) in [5.74, 6) is 2.00. The van der Waals surface area contributed by atoms with Crippen LogP contribution in [0.15, 0.2) is 59.6 Å². The van der Waals surface area contributed by atoms with Crippen molar-refractivity contribution in [3.8, 4) is 11.5 Å². The Bertz CT molecular complexity index is 675. The van der Waals surface area contributed by atoms with Crippen LogP contribution in [0.25, 0.3) is 0 Å². The van der Waals surface area contributed by atoms with Crippen LogP contribution in [0, 0.1) is 0 Å². The number of nitrogens with one attached hydrogen (secondary N) is 1. The first-order valence-corrected chi connectivity index (χ1v) is 9.33. The molecule has 27 heavy (non-hydrogen) atoms. The summed E-state index contributed by atoms with van der Waals surface area (Å²) in [6.07, 6.45) is 2.18. The molecule has 0 saturated carbocycles. The Hall–Kier alpha value is -1.80. The van der Waals surface area contributed by atoms with E-state index in [2.05, 4.69) is 29.1 Å². The van der Waals surface area contributed by atoms with Crippen molar-refractivity contribution in [1.29, 1.82) is 0 Å². The zero-order chi connectivity index (χ0) is 18.6. The van der Waals surface area contributed by atoms with Crippen molar-refractivity contribution in [2.24, 2.45) is 10.7 Å². The van der Waals surface area contributed by atoms with Gasteiger partial charge in [-0.1, -0.05) is 38.1 Å². The van der Waals surface area contributed by atoms with E-state index in [4.69, 9.17) is 10.5 Å². The second kappa shape index (κ2) is 13.4. The Labute approximate surface area is 180 Å². The van der Waals surface area contributed by atoms with E-state index in [0.29, 0.717) is 5.96 Å². The average Bonchev–Trinajstić information content (AvgIpc) is 2.66. The maximum Gasteiger partial charge on any atom is 0.193 e. The minimum absolute atomic E-state index is 0. The molecule has 0 amide bonds. The van der Waals surface area contributed by atoms with Crippen LogP contribution < -0.4 is 15.8 Å². The molecule has 6 heteroatoms. The molecule has 0 bridgehead atoms. The summed E-state index contributed by atoms with van der Waals surface area (Å²) in [6.45, 7) is 8.45. The van der Waals surface area contributed by atoms with Crippen LogP contribution in [0.1, 0.15) is 26.7 Å². The van der Waals surface area contributed by atoms with Crippen LogP contribution in [0.3, 0.4) is 0 Å². The van der Waals surface area contributed by atoms with E-state index in [1.54, 1.807) is 0 Å². The quantitative estimate of drug-likeness (QED) is 0.218. The lowest BCUT2D eigenvalue weighted by atomic mass is 10.3. The molecule has 0 saturated heterocycles. The molecule has 0 aliphatic carbocycles. The van der Waals surface area contributed by atoms with Crippen LogP contribution in [-0.4, -0.2) is 37.0 Å². The van der Waals surface area contributed by atoms with Crippen LogP contribution in [0.5, 0.6) is 11.5 Å². The van der Waals surface area contributed by atoms with Gasteiger partial charge < -0.3 is 20.7 Å². The Balaban J connectivity index is 0.00000364. The summed E-state index contributed by atoms with van der Waals surface area (Å²) >= 11 is 0. The molecule has 0 unspecified atom stereocenters. The minimum atomic E-state index is 0. The van der Waals surface area contributed by atoms with Crippen molar-refractivity contribution in [1.82, 2.24) is 4.90 Å². The van der Waals surface area contributed by atoms with Crippen molar-refractivity contribution in [3.05, 3.63) is 54.6 Å². The number of halogens is 1. The van der Waals surface area contributed by atoms with E-state index in [0.717, 1.165) is 56.2 Å². The van der Waals surface area contributed by atoms with Crippen LogP contribution in [0.2, 0.25) is 0 Å². The minimum Gasteiger partial charge on any atom is -0.457 e. The summed E-state index contributed by atoms with van der Waals surface area (Å²) in [4.78, 5) is 6.83. The Morgan fingerprint density at radius 2 is 1.70 bits per heavy atom. The number of aliphatic imine (C=N–C) groups is 1. The van der Waals surface area contributed by atoms with Gasteiger partial charge in [0.15, 0.2) is 5.96 Å². The summed E-state index contributed by atoms with van der Waals surface area (Å²) in [5, 5.41) is 3.13. The number of ether oxygens (including phenoxy) is 1. The van der Waals surface area contributed by atoms with Crippen LogP contribution in [0.4, 0.5) is 5.69 Å². The number of nitrogens with two attached hydrogens (primary N) is 1. The van der Waals surface area contributed by atoms with Gasteiger partial charge in [0.05, 0.1) is 0 Å². The standard InChI is InChI=1S/C21H30N4O.HI/c1-3-25(4-2)16-9-8-15-23-21(22)24-18-11-10-14-20(17-18)26-19-12-6-5-7-13-19;/h5-7,10-14,17H,3-4,8-9,15-16H2,1-2H3,(H3,22,23,24);1H. The van der Waals surface area contributed by atoms with E-state index in [-0.39, 0.29) is 24.0 Å². The largest absolute Gasteiger partial charge is 0.457 e. The third-order valence-corrected chi connectivity index (χ3v) is 4.14. The molecule has 0 spiro atoms. The van der Waals surface area contributed by atoms with Crippen LogP contribution in [-0.2, 0) is 0 Å². The van der Waals surface area contributed by atoms with Gasteiger partial charge in [-0.25, -0.2) is 0 Å². The number of anilines is 1. The van der Waals surface area contributed by atoms with E-state index in [1.807, 2.05) is 54.6 Å². The fraction of sp³-hybridized carbons (Fsp3) is 0.381. The van der Waals surface area contributed by atoms with Crippen molar-refractivity contribution in [2.45, 2.75) is 26.7 Å². The van der Waals surface area contributed by atoms with Gasteiger partial charge in [-0.15, -0.1) is 24.0 Å². The predicted molar refractivity (Wildman–Crippen MR) is 126 cm³/mol. The first kappa shape index (κ1) is 23.2. The first-order chi connectivity index (χ1) is 12.7. The Kier molecular flexibility index (Phi) is 11.5. The number of nitrogens with zero attached hydrogens (tertiary/aromatic N) is 2. The Morgan fingerprint density at radius 3 is 2.41 bits per heavy atom. The Morgan fingerprint density at radius 1 is 1.00 bits per heavy atom. The molecule has 2 aromatic carbocycles. The van der Waals surface area contributed by atoms with Gasteiger partial charge >= 0.3 is 0 Å². The molecule has 2 rings (SSSR count). The lowest BCUT2D eigenvalue weighted by molar-refractivity contribution is 0.298. The molecule has 0 aromatic heterocycles. The fourth-order valence-corrected chi connectivity index (χ4v) is 2.64. The number of hydrogen-bond donors (Lipinski definition) is 2.